The topological polar surface area (TPSA) is 84.2 Å². The lowest BCUT2D eigenvalue weighted by Gasteiger charge is -2.07. The number of nitrogens with zero attached hydrogens (tertiary/aromatic N) is 2. The summed E-state index contributed by atoms with van der Waals surface area (Å²) in [7, 11) is 1.75. The SMILES string of the molecule is Cn1nccc1C=CC(=O)Nc1cccc(Cl)c1C(=O)O. The first-order valence-corrected chi connectivity index (χ1v) is 6.35. The van der Waals surface area contributed by atoms with Gasteiger partial charge < -0.3 is 10.4 Å². The molecular formula is C14H12ClN3O3. The van der Waals surface area contributed by atoms with Crippen molar-refractivity contribution in [1.82, 2.24) is 9.78 Å². The van der Waals surface area contributed by atoms with E-state index in [1.807, 2.05) is 0 Å². The molecule has 0 atom stereocenters. The molecule has 1 heterocycles. The summed E-state index contributed by atoms with van der Waals surface area (Å²) >= 11 is 5.83. The molecular weight excluding hydrogens is 294 g/mol. The normalized spacial score (nSPS) is 10.8. The minimum absolute atomic E-state index is 0.0657. The molecule has 0 aliphatic carbocycles. The predicted octanol–water partition coefficient (Wildman–Crippen LogP) is 2.42. The molecule has 1 aromatic carbocycles. The van der Waals surface area contributed by atoms with Gasteiger partial charge >= 0.3 is 5.97 Å². The molecule has 0 unspecified atom stereocenters. The standard InChI is InChI=1S/C14H12ClN3O3/c1-18-9(7-8-16-18)5-6-12(19)17-11-4-2-3-10(15)13(11)14(20)21/h2-8H,1H3,(H,17,19)(H,20,21). The molecule has 0 saturated heterocycles. The summed E-state index contributed by atoms with van der Waals surface area (Å²) in [5.41, 5.74) is 0.755. The molecule has 1 aromatic heterocycles. The number of nitrogens with one attached hydrogen (secondary N) is 1. The van der Waals surface area contributed by atoms with Crippen LogP contribution in [-0.4, -0.2) is 26.8 Å². The molecule has 0 bridgehead atoms. The van der Waals surface area contributed by atoms with E-state index in [0.29, 0.717) is 0 Å². The number of carboxylic acid groups (broad SMARTS) is 1. The van der Waals surface area contributed by atoms with Crippen molar-refractivity contribution in [2.75, 3.05) is 5.32 Å². The Bertz CT molecular complexity index is 722. The van der Waals surface area contributed by atoms with Gasteiger partial charge in [0.05, 0.1) is 16.4 Å². The van der Waals surface area contributed by atoms with Crippen LogP contribution in [0.15, 0.2) is 36.5 Å². The number of hydrogen-bond acceptors (Lipinski definition) is 3. The van der Waals surface area contributed by atoms with E-state index < -0.39 is 11.9 Å². The van der Waals surface area contributed by atoms with Gasteiger partial charge in [-0.05, 0) is 24.3 Å². The summed E-state index contributed by atoms with van der Waals surface area (Å²) in [5, 5.41) is 15.6. The first kappa shape index (κ1) is 14.8. The highest BCUT2D eigenvalue weighted by atomic mass is 35.5. The second-order valence-corrected chi connectivity index (χ2v) is 4.58. The Morgan fingerprint density at radius 1 is 1.38 bits per heavy atom. The second-order valence-electron chi connectivity index (χ2n) is 4.17. The zero-order valence-electron chi connectivity index (χ0n) is 11.1. The predicted molar refractivity (Wildman–Crippen MR) is 79.3 cm³/mol. The monoisotopic (exact) mass is 305 g/mol. The Morgan fingerprint density at radius 2 is 2.14 bits per heavy atom. The summed E-state index contributed by atoms with van der Waals surface area (Å²) in [5.74, 6) is -1.66. The molecule has 2 aromatic rings. The van der Waals surface area contributed by atoms with Crippen molar-refractivity contribution in [2.24, 2.45) is 7.05 Å². The summed E-state index contributed by atoms with van der Waals surface area (Å²) < 4.78 is 1.60. The van der Waals surface area contributed by atoms with Gasteiger partial charge in [-0.15, -0.1) is 0 Å². The van der Waals surface area contributed by atoms with Gasteiger partial charge in [-0.25, -0.2) is 4.79 Å². The smallest absolute Gasteiger partial charge is 0.339 e. The highest BCUT2D eigenvalue weighted by Crippen LogP contribution is 2.24. The van der Waals surface area contributed by atoms with Crippen LogP contribution in [0.2, 0.25) is 5.02 Å². The lowest BCUT2D eigenvalue weighted by atomic mass is 10.1. The van der Waals surface area contributed by atoms with Crippen molar-refractivity contribution in [3.8, 4) is 0 Å². The van der Waals surface area contributed by atoms with Crippen LogP contribution >= 0.6 is 11.6 Å². The maximum atomic E-state index is 11.8. The summed E-state index contributed by atoms with van der Waals surface area (Å²) in [6.07, 6.45) is 4.48. The highest BCUT2D eigenvalue weighted by Gasteiger charge is 2.15. The number of halogens is 1. The van der Waals surface area contributed by atoms with Gasteiger partial charge in [-0.2, -0.15) is 5.10 Å². The first-order valence-electron chi connectivity index (χ1n) is 5.98. The van der Waals surface area contributed by atoms with Crippen LogP contribution < -0.4 is 5.32 Å². The fraction of sp³-hybridized carbons (Fsp3) is 0.0714. The molecule has 0 fully saturated rings. The Labute approximate surface area is 125 Å². The molecule has 7 heteroatoms. The number of amides is 1. The maximum Gasteiger partial charge on any atom is 0.339 e. The van der Waals surface area contributed by atoms with E-state index in [0.717, 1.165) is 5.69 Å². The molecule has 0 saturated carbocycles. The molecule has 6 nitrogen and oxygen atoms in total. The number of benzene rings is 1. The zero-order valence-corrected chi connectivity index (χ0v) is 11.8. The van der Waals surface area contributed by atoms with Crippen molar-refractivity contribution in [2.45, 2.75) is 0 Å². The number of anilines is 1. The molecule has 0 aliphatic heterocycles. The van der Waals surface area contributed by atoms with Gasteiger partial charge in [0.2, 0.25) is 5.91 Å². The molecule has 2 rings (SSSR count). The minimum Gasteiger partial charge on any atom is -0.478 e. The van der Waals surface area contributed by atoms with Crippen molar-refractivity contribution in [3.63, 3.8) is 0 Å². The van der Waals surface area contributed by atoms with E-state index >= 15 is 0 Å². The Balaban J connectivity index is 2.17. The maximum absolute atomic E-state index is 11.8. The summed E-state index contributed by atoms with van der Waals surface area (Å²) in [6, 6.07) is 6.23. The number of aromatic nitrogens is 2. The van der Waals surface area contributed by atoms with Crippen molar-refractivity contribution < 1.29 is 14.7 Å². The van der Waals surface area contributed by atoms with Crippen LogP contribution in [0.25, 0.3) is 6.08 Å². The minimum atomic E-state index is -1.20. The van der Waals surface area contributed by atoms with Crippen LogP contribution in [0.3, 0.4) is 0 Å². The van der Waals surface area contributed by atoms with Gasteiger partial charge in [-0.3, -0.25) is 9.48 Å². The number of carboxylic acids is 1. The number of rotatable bonds is 4. The van der Waals surface area contributed by atoms with Crippen molar-refractivity contribution in [1.29, 1.82) is 0 Å². The Hall–Kier alpha value is -2.60. The van der Waals surface area contributed by atoms with Crippen molar-refractivity contribution in [3.05, 3.63) is 52.8 Å². The second kappa shape index (κ2) is 6.23. The third-order valence-corrected chi connectivity index (χ3v) is 3.06. The number of hydrogen-bond donors (Lipinski definition) is 2. The molecule has 21 heavy (non-hydrogen) atoms. The van der Waals surface area contributed by atoms with Gasteiger partial charge in [0.1, 0.15) is 5.56 Å². The molecule has 108 valence electrons. The van der Waals surface area contributed by atoms with Gasteiger partial charge in [-0.1, -0.05) is 17.7 Å². The van der Waals surface area contributed by atoms with Crippen molar-refractivity contribution >= 4 is 35.2 Å². The van der Waals surface area contributed by atoms with E-state index in [2.05, 4.69) is 10.4 Å². The van der Waals surface area contributed by atoms with Crippen LogP contribution in [0, 0.1) is 0 Å². The van der Waals surface area contributed by atoms with Crippen LogP contribution in [0.5, 0.6) is 0 Å². The fourth-order valence-corrected chi connectivity index (χ4v) is 1.98. The third-order valence-electron chi connectivity index (χ3n) is 2.75. The van der Waals surface area contributed by atoms with E-state index in [9.17, 15) is 9.59 Å². The first-order chi connectivity index (χ1) is 9.99. The van der Waals surface area contributed by atoms with E-state index in [1.54, 1.807) is 36.1 Å². The van der Waals surface area contributed by atoms with E-state index in [4.69, 9.17) is 16.7 Å². The summed E-state index contributed by atoms with van der Waals surface area (Å²) in [4.78, 5) is 23.0. The highest BCUT2D eigenvalue weighted by molar-refractivity contribution is 6.34. The number of carbonyl (C=O) groups is 2. The average Bonchev–Trinajstić information content (AvgIpc) is 2.81. The lowest BCUT2D eigenvalue weighted by molar-refractivity contribution is -0.111. The Kier molecular flexibility index (Phi) is 4.39. The number of carbonyl (C=O) groups excluding carboxylic acids is 1. The molecule has 0 radical (unpaired) electrons. The molecule has 0 spiro atoms. The molecule has 0 aliphatic rings. The molecule has 2 N–H and O–H groups in total. The van der Waals surface area contributed by atoms with Gasteiger partial charge in [0, 0.05) is 19.3 Å². The van der Waals surface area contributed by atoms with Crippen LogP contribution in [0.1, 0.15) is 16.1 Å². The Morgan fingerprint density at radius 3 is 2.76 bits per heavy atom. The van der Waals surface area contributed by atoms with Gasteiger partial charge in [0.15, 0.2) is 0 Å². The van der Waals surface area contributed by atoms with E-state index in [1.165, 1.54) is 18.2 Å². The molecule has 1 amide bonds. The van der Waals surface area contributed by atoms with Gasteiger partial charge in [0.25, 0.3) is 0 Å². The number of aryl methyl sites for hydroxylation is 1. The quantitative estimate of drug-likeness (QED) is 0.850. The zero-order chi connectivity index (χ0) is 15.4. The number of aromatic carboxylic acids is 1. The lowest BCUT2D eigenvalue weighted by Crippen LogP contribution is -2.12. The fourth-order valence-electron chi connectivity index (χ4n) is 1.73. The largest absolute Gasteiger partial charge is 0.478 e. The average molecular weight is 306 g/mol. The third kappa shape index (κ3) is 3.49. The van der Waals surface area contributed by atoms with Crippen LogP contribution in [0.4, 0.5) is 5.69 Å². The summed E-state index contributed by atoms with van der Waals surface area (Å²) in [6.45, 7) is 0. The van der Waals surface area contributed by atoms with Crippen LogP contribution in [-0.2, 0) is 11.8 Å². The van der Waals surface area contributed by atoms with E-state index in [-0.39, 0.29) is 16.3 Å².